The molecule has 1 unspecified atom stereocenters. The van der Waals surface area contributed by atoms with E-state index in [1.807, 2.05) is 19.1 Å². The van der Waals surface area contributed by atoms with Gasteiger partial charge >= 0.3 is 0 Å². The third kappa shape index (κ3) is 3.59. The summed E-state index contributed by atoms with van der Waals surface area (Å²) in [5.41, 5.74) is 1.10. The predicted octanol–water partition coefficient (Wildman–Crippen LogP) is 2.12. The molecule has 1 saturated carbocycles. The molecule has 1 aromatic carbocycles. The molecule has 0 saturated heterocycles. The first-order valence-corrected chi connectivity index (χ1v) is 8.63. The first kappa shape index (κ1) is 15.5. The summed E-state index contributed by atoms with van der Waals surface area (Å²) in [5, 5.41) is 3.18. The molecule has 1 aliphatic rings. The standard InChI is InChI=1S/C15H24N2O2S/c1-4-16-10-12-7-5-6-8-14(12)20(18,19)17-11-13-9-15(13,2)3/h5-8,13,16-17H,4,9-11H2,1-3H3. The number of benzene rings is 1. The van der Waals surface area contributed by atoms with Crippen LogP contribution in [0.5, 0.6) is 0 Å². The van der Waals surface area contributed by atoms with Crippen LogP contribution in [0.1, 0.15) is 32.8 Å². The second-order valence-electron chi connectivity index (χ2n) is 6.13. The lowest BCUT2D eigenvalue weighted by Gasteiger charge is -2.12. The van der Waals surface area contributed by atoms with Crippen LogP contribution in [0, 0.1) is 11.3 Å². The molecule has 2 N–H and O–H groups in total. The summed E-state index contributed by atoms with van der Waals surface area (Å²) in [6.07, 6.45) is 1.09. The largest absolute Gasteiger partial charge is 0.313 e. The molecule has 0 bridgehead atoms. The molecule has 1 fully saturated rings. The van der Waals surface area contributed by atoms with Gasteiger partial charge < -0.3 is 5.32 Å². The summed E-state index contributed by atoms with van der Waals surface area (Å²) in [6.45, 7) is 8.27. The van der Waals surface area contributed by atoms with Gasteiger partial charge in [0, 0.05) is 13.1 Å². The number of rotatable bonds is 7. The highest BCUT2D eigenvalue weighted by Crippen LogP contribution is 2.51. The van der Waals surface area contributed by atoms with E-state index in [9.17, 15) is 8.42 Å². The minimum atomic E-state index is -3.42. The first-order valence-electron chi connectivity index (χ1n) is 7.15. The Bertz CT molecular complexity index is 567. The molecule has 0 spiro atoms. The van der Waals surface area contributed by atoms with Gasteiger partial charge in [0.2, 0.25) is 10.0 Å². The van der Waals surface area contributed by atoms with Crippen LogP contribution in [0.3, 0.4) is 0 Å². The third-order valence-corrected chi connectivity index (χ3v) is 5.59. The van der Waals surface area contributed by atoms with E-state index in [-0.39, 0.29) is 5.41 Å². The summed E-state index contributed by atoms with van der Waals surface area (Å²) in [6, 6.07) is 7.17. The Morgan fingerprint density at radius 1 is 1.30 bits per heavy atom. The first-order chi connectivity index (χ1) is 9.37. The van der Waals surface area contributed by atoms with Crippen molar-refractivity contribution in [3.05, 3.63) is 29.8 Å². The fourth-order valence-corrected chi connectivity index (χ4v) is 3.70. The van der Waals surface area contributed by atoms with Crippen molar-refractivity contribution < 1.29 is 8.42 Å². The van der Waals surface area contributed by atoms with E-state index in [1.54, 1.807) is 12.1 Å². The van der Waals surface area contributed by atoms with E-state index in [0.29, 0.717) is 23.9 Å². The Morgan fingerprint density at radius 3 is 2.55 bits per heavy atom. The summed E-state index contributed by atoms with van der Waals surface area (Å²) in [7, 11) is -3.42. The Balaban J connectivity index is 2.08. The van der Waals surface area contributed by atoms with Crippen LogP contribution in [0.25, 0.3) is 0 Å². The molecule has 0 amide bonds. The van der Waals surface area contributed by atoms with Crippen LogP contribution in [-0.2, 0) is 16.6 Å². The van der Waals surface area contributed by atoms with Gasteiger partial charge in [0.25, 0.3) is 0 Å². The Kier molecular flexibility index (Phi) is 4.52. The molecule has 2 rings (SSSR count). The van der Waals surface area contributed by atoms with Crippen molar-refractivity contribution in [3.8, 4) is 0 Å². The normalized spacial score (nSPS) is 20.9. The SMILES string of the molecule is CCNCc1ccccc1S(=O)(=O)NCC1CC1(C)C. The molecular weight excluding hydrogens is 272 g/mol. The number of nitrogens with one attached hydrogen (secondary N) is 2. The van der Waals surface area contributed by atoms with Gasteiger partial charge in [0.15, 0.2) is 0 Å². The summed E-state index contributed by atoms with van der Waals surface area (Å²) < 4.78 is 27.6. The van der Waals surface area contributed by atoms with Crippen molar-refractivity contribution >= 4 is 10.0 Å². The van der Waals surface area contributed by atoms with E-state index >= 15 is 0 Å². The highest BCUT2D eigenvalue weighted by Gasteiger charge is 2.45. The van der Waals surface area contributed by atoms with Gasteiger partial charge in [-0.3, -0.25) is 0 Å². The molecule has 0 aromatic heterocycles. The van der Waals surface area contributed by atoms with Gasteiger partial charge in [-0.1, -0.05) is 39.0 Å². The molecule has 1 atom stereocenters. The molecular formula is C15H24N2O2S. The van der Waals surface area contributed by atoms with Gasteiger partial charge in [0.05, 0.1) is 4.90 Å². The highest BCUT2D eigenvalue weighted by atomic mass is 32.2. The van der Waals surface area contributed by atoms with E-state index in [0.717, 1.165) is 18.5 Å². The van der Waals surface area contributed by atoms with Crippen molar-refractivity contribution in [2.45, 2.75) is 38.6 Å². The third-order valence-electron chi connectivity index (χ3n) is 4.06. The van der Waals surface area contributed by atoms with Crippen molar-refractivity contribution in [3.63, 3.8) is 0 Å². The van der Waals surface area contributed by atoms with Gasteiger partial charge in [-0.25, -0.2) is 13.1 Å². The van der Waals surface area contributed by atoms with Crippen LogP contribution in [-0.4, -0.2) is 21.5 Å². The zero-order chi connectivity index (χ0) is 14.8. The molecule has 0 radical (unpaired) electrons. The lowest BCUT2D eigenvalue weighted by atomic mass is 10.1. The van der Waals surface area contributed by atoms with Crippen molar-refractivity contribution in [2.75, 3.05) is 13.1 Å². The molecule has 20 heavy (non-hydrogen) atoms. The minimum absolute atomic E-state index is 0.284. The monoisotopic (exact) mass is 296 g/mol. The molecule has 1 aromatic rings. The maximum Gasteiger partial charge on any atom is 0.240 e. The number of hydrogen-bond donors (Lipinski definition) is 2. The van der Waals surface area contributed by atoms with Gasteiger partial charge in [0.1, 0.15) is 0 Å². The predicted molar refractivity (Wildman–Crippen MR) is 80.9 cm³/mol. The highest BCUT2D eigenvalue weighted by molar-refractivity contribution is 7.89. The quantitative estimate of drug-likeness (QED) is 0.810. The zero-order valence-electron chi connectivity index (χ0n) is 12.4. The minimum Gasteiger partial charge on any atom is -0.313 e. The number of hydrogen-bond acceptors (Lipinski definition) is 3. The molecule has 5 heteroatoms. The lowest BCUT2D eigenvalue weighted by molar-refractivity contribution is 0.537. The summed E-state index contributed by atoms with van der Waals surface area (Å²) in [4.78, 5) is 0.388. The fraction of sp³-hybridized carbons (Fsp3) is 0.600. The van der Waals surface area contributed by atoms with E-state index in [4.69, 9.17) is 0 Å². The Hall–Kier alpha value is -0.910. The van der Waals surface area contributed by atoms with E-state index in [1.165, 1.54) is 0 Å². The van der Waals surface area contributed by atoms with E-state index in [2.05, 4.69) is 23.9 Å². The maximum atomic E-state index is 12.4. The van der Waals surface area contributed by atoms with Crippen molar-refractivity contribution in [2.24, 2.45) is 11.3 Å². The Morgan fingerprint density at radius 2 is 1.95 bits per heavy atom. The van der Waals surface area contributed by atoms with Crippen molar-refractivity contribution in [1.29, 1.82) is 0 Å². The van der Waals surface area contributed by atoms with Crippen LogP contribution < -0.4 is 10.0 Å². The molecule has 0 heterocycles. The zero-order valence-corrected chi connectivity index (χ0v) is 13.3. The van der Waals surface area contributed by atoms with Crippen LogP contribution >= 0.6 is 0 Å². The van der Waals surface area contributed by atoms with Gasteiger partial charge in [-0.2, -0.15) is 0 Å². The molecule has 112 valence electrons. The summed E-state index contributed by atoms with van der Waals surface area (Å²) >= 11 is 0. The van der Waals surface area contributed by atoms with E-state index < -0.39 is 10.0 Å². The molecule has 1 aliphatic carbocycles. The average Bonchev–Trinajstić information content (AvgIpc) is 3.02. The van der Waals surface area contributed by atoms with Crippen LogP contribution in [0.15, 0.2) is 29.2 Å². The number of sulfonamides is 1. The lowest BCUT2D eigenvalue weighted by Crippen LogP contribution is -2.28. The van der Waals surface area contributed by atoms with Crippen molar-refractivity contribution in [1.82, 2.24) is 10.0 Å². The van der Waals surface area contributed by atoms with Gasteiger partial charge in [-0.15, -0.1) is 0 Å². The molecule has 4 nitrogen and oxygen atoms in total. The second-order valence-corrected chi connectivity index (χ2v) is 7.86. The van der Waals surface area contributed by atoms with Crippen LogP contribution in [0.2, 0.25) is 0 Å². The van der Waals surface area contributed by atoms with Crippen LogP contribution in [0.4, 0.5) is 0 Å². The summed E-state index contributed by atoms with van der Waals surface area (Å²) in [5.74, 6) is 0.457. The molecule has 0 aliphatic heterocycles. The fourth-order valence-electron chi connectivity index (χ4n) is 2.38. The smallest absolute Gasteiger partial charge is 0.240 e. The Labute approximate surface area is 122 Å². The topological polar surface area (TPSA) is 58.2 Å². The average molecular weight is 296 g/mol. The second kappa shape index (κ2) is 5.84. The van der Waals surface area contributed by atoms with Gasteiger partial charge in [-0.05, 0) is 35.9 Å². The maximum absolute atomic E-state index is 12.4.